The highest BCUT2D eigenvalue weighted by Crippen LogP contribution is 2.31. The van der Waals surface area contributed by atoms with Crippen LogP contribution < -0.4 is 5.32 Å². The summed E-state index contributed by atoms with van der Waals surface area (Å²) in [6.45, 7) is 1.71. The Bertz CT molecular complexity index is 660. The minimum atomic E-state index is -4.46. The highest BCUT2D eigenvalue weighted by Gasteiger charge is 2.32. The first-order valence-corrected chi connectivity index (χ1v) is 7.97. The number of hydrogen-bond donors (Lipinski definition) is 2. The summed E-state index contributed by atoms with van der Waals surface area (Å²) < 4.78 is 38.7. The van der Waals surface area contributed by atoms with Crippen molar-refractivity contribution >= 4 is 17.7 Å². The summed E-state index contributed by atoms with van der Waals surface area (Å²) in [6, 6.07) is 3.95. The molecule has 124 valence electrons. The molecule has 1 aromatic carbocycles. The lowest BCUT2D eigenvalue weighted by atomic mass is 10.0. The molecule has 1 heterocycles. The van der Waals surface area contributed by atoms with Crippen LogP contribution in [0.2, 0.25) is 0 Å². The molecule has 1 amide bonds. The zero-order valence-corrected chi connectivity index (χ0v) is 13.2. The third-order valence-corrected chi connectivity index (χ3v) is 4.18. The lowest BCUT2D eigenvalue weighted by Crippen LogP contribution is -2.35. The van der Waals surface area contributed by atoms with Crippen molar-refractivity contribution in [1.82, 2.24) is 20.5 Å². The maximum Gasteiger partial charge on any atom is 0.416 e. The Morgan fingerprint density at radius 2 is 2.13 bits per heavy atom. The van der Waals surface area contributed by atoms with E-state index in [4.69, 9.17) is 0 Å². The molecule has 0 saturated heterocycles. The number of rotatable bonds is 5. The van der Waals surface area contributed by atoms with Crippen molar-refractivity contribution in [3.63, 3.8) is 0 Å². The maximum absolute atomic E-state index is 12.9. The molecule has 0 bridgehead atoms. The molecule has 2 N–H and O–H groups in total. The second-order valence-corrected chi connectivity index (χ2v) is 5.99. The number of H-pyrrole nitrogens is 1. The van der Waals surface area contributed by atoms with Crippen LogP contribution in [0.4, 0.5) is 13.2 Å². The minimum Gasteiger partial charge on any atom is -0.341 e. The molecule has 23 heavy (non-hydrogen) atoms. The Balaban J connectivity index is 2.37. The summed E-state index contributed by atoms with van der Waals surface area (Å²) in [6.07, 6.45) is -1.45. The molecule has 1 aromatic heterocycles. The fraction of sp³-hybridized carbons (Fsp3) is 0.357. The van der Waals surface area contributed by atoms with Gasteiger partial charge in [-0.1, -0.05) is 12.1 Å². The van der Waals surface area contributed by atoms with E-state index in [0.717, 1.165) is 12.1 Å². The Kier molecular flexibility index (Phi) is 5.30. The van der Waals surface area contributed by atoms with Crippen molar-refractivity contribution in [2.45, 2.75) is 24.4 Å². The summed E-state index contributed by atoms with van der Waals surface area (Å²) in [5.41, 5.74) is -0.509. The van der Waals surface area contributed by atoms with Crippen LogP contribution in [0, 0.1) is 0 Å². The van der Waals surface area contributed by atoms with E-state index in [1.165, 1.54) is 30.2 Å². The molecule has 0 spiro atoms. The first-order chi connectivity index (χ1) is 10.8. The SMILES string of the molecule is CS[C@@H](C)C(=O)N[C@@H](c1cccc(C(F)(F)F)c1)c1ncn[nH]1. The number of thioether (sulfide) groups is 1. The lowest BCUT2D eigenvalue weighted by molar-refractivity contribution is -0.137. The summed E-state index contributed by atoms with van der Waals surface area (Å²) in [5, 5.41) is 8.65. The van der Waals surface area contributed by atoms with Gasteiger partial charge < -0.3 is 5.32 Å². The molecule has 0 fully saturated rings. The number of hydrogen-bond acceptors (Lipinski definition) is 4. The number of carbonyl (C=O) groups excluding carboxylic acids is 1. The van der Waals surface area contributed by atoms with Crippen molar-refractivity contribution < 1.29 is 18.0 Å². The zero-order chi connectivity index (χ0) is 17.0. The maximum atomic E-state index is 12.9. The van der Waals surface area contributed by atoms with Gasteiger partial charge >= 0.3 is 6.18 Å². The summed E-state index contributed by atoms with van der Waals surface area (Å²) >= 11 is 1.34. The van der Waals surface area contributed by atoms with Crippen LogP contribution in [0.1, 0.15) is 29.9 Å². The minimum absolute atomic E-state index is 0.269. The first kappa shape index (κ1) is 17.3. The van der Waals surface area contributed by atoms with Crippen LogP contribution in [0.15, 0.2) is 30.6 Å². The quantitative estimate of drug-likeness (QED) is 0.875. The van der Waals surface area contributed by atoms with Gasteiger partial charge in [0.05, 0.1) is 10.8 Å². The van der Waals surface area contributed by atoms with Gasteiger partial charge in [-0.05, 0) is 30.9 Å². The number of carbonyl (C=O) groups is 1. The Labute approximate surface area is 135 Å². The molecule has 0 aliphatic heterocycles. The third-order valence-electron chi connectivity index (χ3n) is 3.26. The van der Waals surface area contributed by atoms with Gasteiger partial charge in [0, 0.05) is 0 Å². The second kappa shape index (κ2) is 7.03. The van der Waals surface area contributed by atoms with E-state index >= 15 is 0 Å². The molecule has 2 aromatic rings. The molecule has 0 unspecified atom stereocenters. The van der Waals surface area contributed by atoms with Crippen molar-refractivity contribution in [2.24, 2.45) is 0 Å². The number of benzene rings is 1. The zero-order valence-electron chi connectivity index (χ0n) is 12.4. The van der Waals surface area contributed by atoms with E-state index < -0.39 is 17.8 Å². The Morgan fingerprint density at radius 1 is 1.39 bits per heavy atom. The number of halogens is 3. The van der Waals surface area contributed by atoms with E-state index in [1.54, 1.807) is 13.2 Å². The van der Waals surface area contributed by atoms with Crippen LogP contribution in [0.5, 0.6) is 0 Å². The van der Waals surface area contributed by atoms with Crippen molar-refractivity contribution in [2.75, 3.05) is 6.26 Å². The molecule has 9 heteroatoms. The lowest BCUT2D eigenvalue weighted by Gasteiger charge is -2.20. The molecule has 0 radical (unpaired) electrons. The van der Waals surface area contributed by atoms with Gasteiger partial charge in [0.15, 0.2) is 5.82 Å². The third kappa shape index (κ3) is 4.25. The predicted molar refractivity (Wildman–Crippen MR) is 80.8 cm³/mol. The number of nitrogens with one attached hydrogen (secondary N) is 2. The van der Waals surface area contributed by atoms with Gasteiger partial charge in [-0.2, -0.15) is 30.0 Å². The van der Waals surface area contributed by atoms with Gasteiger partial charge in [-0.25, -0.2) is 4.98 Å². The van der Waals surface area contributed by atoms with Crippen molar-refractivity contribution in [3.8, 4) is 0 Å². The smallest absolute Gasteiger partial charge is 0.341 e. The highest BCUT2D eigenvalue weighted by molar-refractivity contribution is 7.99. The van der Waals surface area contributed by atoms with Gasteiger partial charge in [0.1, 0.15) is 12.4 Å². The fourth-order valence-corrected chi connectivity index (χ4v) is 2.21. The van der Waals surface area contributed by atoms with Crippen LogP contribution in [0.3, 0.4) is 0 Å². The van der Waals surface area contributed by atoms with E-state index in [9.17, 15) is 18.0 Å². The van der Waals surface area contributed by atoms with Crippen LogP contribution in [0.25, 0.3) is 0 Å². The van der Waals surface area contributed by atoms with E-state index in [1.807, 2.05) is 0 Å². The van der Waals surface area contributed by atoms with E-state index in [0.29, 0.717) is 0 Å². The average Bonchev–Trinajstić information content (AvgIpc) is 3.05. The van der Waals surface area contributed by atoms with E-state index in [2.05, 4.69) is 20.5 Å². The van der Waals surface area contributed by atoms with Crippen LogP contribution >= 0.6 is 11.8 Å². The molecule has 0 aliphatic carbocycles. The molecular weight excluding hydrogens is 329 g/mol. The van der Waals surface area contributed by atoms with Crippen molar-refractivity contribution in [3.05, 3.63) is 47.5 Å². The normalized spacial score (nSPS) is 14.3. The number of aromatic amines is 1. The number of nitrogens with zero attached hydrogens (tertiary/aromatic N) is 2. The summed E-state index contributed by atoms with van der Waals surface area (Å²) in [4.78, 5) is 16.1. The molecule has 0 saturated carbocycles. The fourth-order valence-electron chi connectivity index (χ4n) is 1.92. The molecule has 2 atom stereocenters. The summed E-state index contributed by atoms with van der Waals surface area (Å²) in [5.74, 6) is -0.0257. The number of aromatic nitrogens is 3. The molecule has 2 rings (SSSR count). The summed E-state index contributed by atoms with van der Waals surface area (Å²) in [7, 11) is 0. The Morgan fingerprint density at radius 3 is 2.70 bits per heavy atom. The van der Waals surface area contributed by atoms with Crippen LogP contribution in [-0.2, 0) is 11.0 Å². The predicted octanol–water partition coefficient (Wildman–Crippen LogP) is 2.78. The Hall–Kier alpha value is -2.03. The molecule has 5 nitrogen and oxygen atoms in total. The number of alkyl halides is 3. The molecular formula is C14H15F3N4OS. The monoisotopic (exact) mass is 344 g/mol. The largest absolute Gasteiger partial charge is 0.416 e. The van der Waals surface area contributed by atoms with Gasteiger partial charge in [0.2, 0.25) is 5.91 Å². The first-order valence-electron chi connectivity index (χ1n) is 6.68. The van der Waals surface area contributed by atoms with E-state index in [-0.39, 0.29) is 22.5 Å². The standard InChI is InChI=1S/C14H15F3N4OS/c1-8(23-2)13(22)20-11(12-18-7-19-21-12)9-4-3-5-10(6-9)14(15,16)17/h3-8,11H,1-2H3,(H,20,22)(H,18,19,21)/t8-,11-/m0/s1. The van der Waals surface area contributed by atoms with Crippen LogP contribution in [-0.4, -0.2) is 32.6 Å². The second-order valence-electron chi connectivity index (χ2n) is 4.81. The van der Waals surface area contributed by atoms with Gasteiger partial charge in [-0.3, -0.25) is 9.89 Å². The topological polar surface area (TPSA) is 70.7 Å². The van der Waals surface area contributed by atoms with Crippen molar-refractivity contribution in [1.29, 1.82) is 0 Å². The highest BCUT2D eigenvalue weighted by atomic mass is 32.2. The van der Waals surface area contributed by atoms with Gasteiger partial charge in [0.25, 0.3) is 0 Å². The average molecular weight is 344 g/mol. The van der Waals surface area contributed by atoms with Gasteiger partial charge in [-0.15, -0.1) is 0 Å². The number of amides is 1. The molecule has 0 aliphatic rings.